The van der Waals surface area contributed by atoms with Crippen molar-refractivity contribution in [1.82, 2.24) is 30.4 Å². The van der Waals surface area contributed by atoms with E-state index in [-0.39, 0.29) is 23.6 Å². The van der Waals surface area contributed by atoms with Gasteiger partial charge in [0.25, 0.3) is 5.91 Å². The highest BCUT2D eigenvalue weighted by Crippen LogP contribution is 2.29. The van der Waals surface area contributed by atoms with Crippen LogP contribution in [-0.4, -0.2) is 76.6 Å². The molecule has 3 N–H and O–H groups in total. The summed E-state index contributed by atoms with van der Waals surface area (Å²) in [6.45, 7) is 1.44. The van der Waals surface area contributed by atoms with E-state index in [1.54, 1.807) is 20.2 Å². The molecule has 4 amide bonds. The molecule has 2 aliphatic rings. The molecule has 11 nitrogen and oxygen atoms in total. The Morgan fingerprint density at radius 1 is 1.08 bits per heavy atom. The Labute approximate surface area is 217 Å². The van der Waals surface area contributed by atoms with Crippen LogP contribution < -0.4 is 16.0 Å². The summed E-state index contributed by atoms with van der Waals surface area (Å²) in [6, 6.07) is 1.95. The van der Waals surface area contributed by atoms with Crippen molar-refractivity contribution in [1.29, 1.82) is 0 Å². The number of carbonyl (C=O) groups is 4. The highest BCUT2D eigenvalue weighted by molar-refractivity contribution is 7.13. The molecule has 2 aromatic rings. The van der Waals surface area contributed by atoms with E-state index < -0.39 is 23.9 Å². The topological polar surface area (TPSA) is 137 Å². The average molecular weight is 534 g/mol. The number of nitrogens with zero attached hydrogens (tertiary/aromatic N) is 4. The first-order chi connectivity index (χ1) is 17.1. The van der Waals surface area contributed by atoms with E-state index in [2.05, 4.69) is 30.8 Å². The first-order valence-corrected chi connectivity index (χ1v) is 12.7. The molecule has 1 aliphatic heterocycles. The van der Waals surface area contributed by atoms with Crippen LogP contribution in [0.5, 0.6) is 0 Å². The number of carbonyl (C=O) groups excluding carboxylic acids is 4. The predicted molar refractivity (Wildman–Crippen MR) is 134 cm³/mol. The fraction of sp³-hybridized carbons (Fsp3) is 0.478. The van der Waals surface area contributed by atoms with E-state index in [0.29, 0.717) is 35.8 Å². The van der Waals surface area contributed by atoms with Gasteiger partial charge in [-0.3, -0.25) is 24.1 Å². The molecule has 36 heavy (non-hydrogen) atoms. The highest BCUT2D eigenvalue weighted by atomic mass is 35.5. The van der Waals surface area contributed by atoms with Gasteiger partial charge in [-0.1, -0.05) is 11.6 Å². The first kappa shape index (κ1) is 26.0. The maximum atomic E-state index is 13.1. The average Bonchev–Trinajstić information content (AvgIpc) is 3.38. The number of hydrogen-bond donors (Lipinski definition) is 3. The molecule has 192 valence electrons. The predicted octanol–water partition coefficient (Wildman–Crippen LogP) is 1.25. The van der Waals surface area contributed by atoms with Crippen molar-refractivity contribution in [3.05, 3.63) is 38.9 Å². The molecule has 3 atom stereocenters. The van der Waals surface area contributed by atoms with Gasteiger partial charge in [0.05, 0.1) is 16.8 Å². The summed E-state index contributed by atoms with van der Waals surface area (Å²) in [5.41, 5.74) is 0.897. The van der Waals surface area contributed by atoms with Crippen molar-refractivity contribution in [2.45, 2.75) is 44.4 Å². The molecule has 0 bridgehead atoms. The molecule has 3 heterocycles. The molecule has 1 saturated carbocycles. The van der Waals surface area contributed by atoms with E-state index in [1.165, 1.54) is 28.5 Å². The Bertz CT molecular complexity index is 1150. The minimum atomic E-state index is -0.887. The lowest BCUT2D eigenvalue weighted by molar-refractivity contribution is -0.137. The SMILES string of the molecule is CN1Cc2nc(C(=O)N[C@@H]3C[C@@H](C(=O)N(C)C)CC[C@@H]3NC(=O)C(=O)Nc3ccc(Cl)cn3)sc2C1. The molecule has 0 unspecified atom stereocenters. The van der Waals surface area contributed by atoms with Crippen LogP contribution in [0.1, 0.15) is 39.6 Å². The minimum Gasteiger partial charge on any atom is -0.349 e. The number of aromatic nitrogens is 2. The molecular weight excluding hydrogens is 506 g/mol. The molecule has 4 rings (SSSR count). The summed E-state index contributed by atoms with van der Waals surface area (Å²) >= 11 is 7.15. The number of anilines is 1. The Balaban J connectivity index is 1.44. The number of pyridine rings is 1. The van der Waals surface area contributed by atoms with Crippen LogP contribution in [0.25, 0.3) is 0 Å². The van der Waals surface area contributed by atoms with E-state index in [4.69, 9.17) is 11.6 Å². The second-order valence-corrected chi connectivity index (χ2v) is 10.8. The van der Waals surface area contributed by atoms with Gasteiger partial charge in [-0.05, 0) is 38.4 Å². The van der Waals surface area contributed by atoms with Gasteiger partial charge in [0.2, 0.25) is 5.91 Å². The molecule has 0 spiro atoms. The smallest absolute Gasteiger partial charge is 0.314 e. The Hall–Kier alpha value is -3.09. The summed E-state index contributed by atoms with van der Waals surface area (Å²) in [6.07, 6.45) is 2.64. The summed E-state index contributed by atoms with van der Waals surface area (Å²) in [7, 11) is 5.37. The van der Waals surface area contributed by atoms with Crippen molar-refractivity contribution in [3.63, 3.8) is 0 Å². The molecule has 0 radical (unpaired) electrons. The quantitative estimate of drug-likeness (QED) is 0.492. The lowest BCUT2D eigenvalue weighted by Crippen LogP contribution is -2.57. The van der Waals surface area contributed by atoms with E-state index in [9.17, 15) is 19.2 Å². The van der Waals surface area contributed by atoms with Gasteiger partial charge in [0, 0.05) is 50.2 Å². The molecule has 2 aromatic heterocycles. The standard InChI is InChI=1S/C23H28ClN7O4S/c1-30(2)23(35)12-4-6-14(26-19(32)20(33)29-18-7-5-13(24)9-25-18)15(8-12)27-21(34)22-28-16-10-31(3)11-17(16)36-22/h5,7,9,12,14-15H,4,6,8,10-11H2,1-3H3,(H,26,32)(H,27,34)(H,25,29,33)/t12-,14-,15+/m0/s1. The zero-order valence-electron chi connectivity index (χ0n) is 20.2. The number of halogens is 1. The van der Waals surface area contributed by atoms with E-state index >= 15 is 0 Å². The number of hydrogen-bond acceptors (Lipinski definition) is 8. The van der Waals surface area contributed by atoms with Crippen LogP contribution in [0.2, 0.25) is 5.02 Å². The van der Waals surface area contributed by atoms with Crippen LogP contribution >= 0.6 is 22.9 Å². The Morgan fingerprint density at radius 3 is 2.53 bits per heavy atom. The first-order valence-electron chi connectivity index (χ1n) is 11.5. The highest BCUT2D eigenvalue weighted by Gasteiger charge is 2.37. The summed E-state index contributed by atoms with van der Waals surface area (Å²) < 4.78 is 0. The third kappa shape index (κ3) is 6.00. The zero-order chi connectivity index (χ0) is 26.0. The fourth-order valence-corrected chi connectivity index (χ4v) is 5.63. The van der Waals surface area contributed by atoms with Crippen LogP contribution in [0.3, 0.4) is 0 Å². The van der Waals surface area contributed by atoms with Crippen LogP contribution in [0.4, 0.5) is 5.82 Å². The third-order valence-electron chi connectivity index (χ3n) is 6.25. The van der Waals surface area contributed by atoms with Gasteiger partial charge in [-0.2, -0.15) is 0 Å². The van der Waals surface area contributed by atoms with Crippen molar-refractivity contribution in [2.24, 2.45) is 5.92 Å². The number of amides is 4. The number of fused-ring (bicyclic) bond motifs is 1. The van der Waals surface area contributed by atoms with Gasteiger partial charge in [-0.25, -0.2) is 9.97 Å². The van der Waals surface area contributed by atoms with Crippen molar-refractivity contribution in [3.8, 4) is 0 Å². The maximum absolute atomic E-state index is 13.1. The van der Waals surface area contributed by atoms with Gasteiger partial charge >= 0.3 is 11.8 Å². The van der Waals surface area contributed by atoms with E-state index in [1.807, 2.05) is 7.05 Å². The van der Waals surface area contributed by atoms with Crippen LogP contribution in [0, 0.1) is 5.92 Å². The van der Waals surface area contributed by atoms with Gasteiger partial charge < -0.3 is 20.9 Å². The molecule has 13 heteroatoms. The summed E-state index contributed by atoms with van der Waals surface area (Å²) in [4.78, 5) is 63.9. The summed E-state index contributed by atoms with van der Waals surface area (Å²) in [5, 5.41) is 8.86. The van der Waals surface area contributed by atoms with Gasteiger partial charge in [-0.15, -0.1) is 11.3 Å². The lowest BCUT2D eigenvalue weighted by atomic mass is 9.81. The monoisotopic (exact) mass is 533 g/mol. The van der Waals surface area contributed by atoms with Crippen molar-refractivity contribution < 1.29 is 19.2 Å². The number of thiazole rings is 1. The maximum Gasteiger partial charge on any atom is 0.314 e. The second-order valence-electron chi connectivity index (χ2n) is 9.28. The number of rotatable bonds is 5. The zero-order valence-corrected chi connectivity index (χ0v) is 21.8. The summed E-state index contributed by atoms with van der Waals surface area (Å²) in [5.74, 6) is -2.25. The normalized spacial score (nSPS) is 21.4. The van der Waals surface area contributed by atoms with Crippen molar-refractivity contribution >= 4 is 52.4 Å². The molecule has 0 aromatic carbocycles. The molecule has 0 saturated heterocycles. The minimum absolute atomic E-state index is 0.0400. The largest absolute Gasteiger partial charge is 0.349 e. The number of nitrogens with one attached hydrogen (secondary N) is 3. The van der Waals surface area contributed by atoms with Crippen LogP contribution in [-0.2, 0) is 27.5 Å². The molecule has 1 fully saturated rings. The molecular formula is C23H28ClN7O4S. The van der Waals surface area contributed by atoms with Crippen molar-refractivity contribution in [2.75, 3.05) is 26.5 Å². The lowest BCUT2D eigenvalue weighted by Gasteiger charge is -2.37. The molecule has 1 aliphatic carbocycles. The fourth-order valence-electron chi connectivity index (χ4n) is 4.46. The van der Waals surface area contributed by atoms with Gasteiger partial charge in [0.15, 0.2) is 5.01 Å². The van der Waals surface area contributed by atoms with E-state index in [0.717, 1.165) is 17.1 Å². The second kappa shape index (κ2) is 10.9. The van der Waals surface area contributed by atoms with Crippen LogP contribution in [0.15, 0.2) is 18.3 Å². The Morgan fingerprint density at radius 2 is 1.86 bits per heavy atom. The third-order valence-corrected chi connectivity index (χ3v) is 7.56. The Kier molecular flexibility index (Phi) is 7.86. The van der Waals surface area contributed by atoms with Gasteiger partial charge in [0.1, 0.15) is 5.82 Å².